The molecule has 1 aromatic rings. The summed E-state index contributed by atoms with van der Waals surface area (Å²) in [7, 11) is 1.56. The molecule has 2 heterocycles. The Bertz CT molecular complexity index is 524. The Kier molecular flexibility index (Phi) is 5.71. The Balaban J connectivity index is 1.90. The molecule has 0 aliphatic carbocycles. The van der Waals surface area contributed by atoms with E-state index in [0.29, 0.717) is 44.1 Å². The van der Waals surface area contributed by atoms with Crippen molar-refractivity contribution in [2.24, 2.45) is 5.92 Å². The van der Waals surface area contributed by atoms with Crippen molar-refractivity contribution in [3.63, 3.8) is 0 Å². The van der Waals surface area contributed by atoms with Gasteiger partial charge in [0, 0.05) is 32.7 Å². The first-order chi connectivity index (χ1) is 11.6. The topological polar surface area (TPSA) is 60.0 Å². The SMILES string of the molecule is COc1ccc(F)cc1C[C@](O)(C1CCOCC1)[C@@H]1CNCCO1. The number of nitrogens with one attached hydrogen (secondary N) is 1. The van der Waals surface area contributed by atoms with Crippen molar-refractivity contribution in [1.82, 2.24) is 5.32 Å². The minimum atomic E-state index is -1.09. The van der Waals surface area contributed by atoms with Gasteiger partial charge < -0.3 is 24.6 Å². The summed E-state index contributed by atoms with van der Waals surface area (Å²) in [5, 5.41) is 14.9. The van der Waals surface area contributed by atoms with Gasteiger partial charge in [0.25, 0.3) is 0 Å². The van der Waals surface area contributed by atoms with E-state index < -0.39 is 5.60 Å². The number of morpholine rings is 1. The predicted octanol–water partition coefficient (Wildman–Crippen LogP) is 1.52. The van der Waals surface area contributed by atoms with E-state index in [0.717, 1.165) is 19.4 Å². The van der Waals surface area contributed by atoms with Gasteiger partial charge in [-0.15, -0.1) is 0 Å². The third kappa shape index (κ3) is 3.72. The molecule has 2 fully saturated rings. The molecule has 2 aliphatic heterocycles. The van der Waals surface area contributed by atoms with E-state index in [-0.39, 0.29) is 17.8 Å². The summed E-state index contributed by atoms with van der Waals surface area (Å²) in [6.07, 6.45) is 1.51. The van der Waals surface area contributed by atoms with Gasteiger partial charge in [0.1, 0.15) is 11.6 Å². The molecule has 2 N–H and O–H groups in total. The van der Waals surface area contributed by atoms with Gasteiger partial charge in [-0.2, -0.15) is 0 Å². The van der Waals surface area contributed by atoms with E-state index in [4.69, 9.17) is 14.2 Å². The quantitative estimate of drug-likeness (QED) is 0.852. The Morgan fingerprint density at radius 3 is 2.79 bits per heavy atom. The van der Waals surface area contributed by atoms with Gasteiger partial charge in [-0.3, -0.25) is 0 Å². The number of halogens is 1. The lowest BCUT2D eigenvalue weighted by Gasteiger charge is -2.45. The normalized spacial score (nSPS) is 25.2. The molecule has 134 valence electrons. The molecule has 1 aromatic carbocycles. The maximum atomic E-state index is 13.7. The minimum absolute atomic E-state index is 0.0455. The molecule has 6 heteroatoms. The van der Waals surface area contributed by atoms with Crippen molar-refractivity contribution >= 4 is 0 Å². The van der Waals surface area contributed by atoms with Crippen LogP contribution in [0.1, 0.15) is 18.4 Å². The monoisotopic (exact) mass is 339 g/mol. The third-order valence-electron chi connectivity index (χ3n) is 5.13. The first-order valence-electron chi connectivity index (χ1n) is 8.58. The molecule has 0 aromatic heterocycles. The Morgan fingerprint density at radius 2 is 2.12 bits per heavy atom. The highest BCUT2D eigenvalue weighted by molar-refractivity contribution is 5.35. The predicted molar refractivity (Wildman–Crippen MR) is 87.8 cm³/mol. The molecular formula is C18H26FNO4. The average Bonchev–Trinajstić information content (AvgIpc) is 2.63. The first kappa shape index (κ1) is 17.6. The van der Waals surface area contributed by atoms with Gasteiger partial charge in [0.15, 0.2) is 0 Å². The van der Waals surface area contributed by atoms with E-state index in [9.17, 15) is 9.50 Å². The average molecular weight is 339 g/mol. The van der Waals surface area contributed by atoms with Gasteiger partial charge in [0.2, 0.25) is 0 Å². The number of aliphatic hydroxyl groups is 1. The minimum Gasteiger partial charge on any atom is -0.496 e. The van der Waals surface area contributed by atoms with Crippen LogP contribution in [0.3, 0.4) is 0 Å². The van der Waals surface area contributed by atoms with Crippen LogP contribution < -0.4 is 10.1 Å². The summed E-state index contributed by atoms with van der Waals surface area (Å²) in [6, 6.07) is 4.42. The molecule has 2 saturated heterocycles. The van der Waals surface area contributed by atoms with Gasteiger partial charge in [-0.05, 0) is 42.5 Å². The van der Waals surface area contributed by atoms with Crippen LogP contribution in [-0.2, 0) is 15.9 Å². The number of benzene rings is 1. The zero-order valence-electron chi connectivity index (χ0n) is 14.1. The van der Waals surface area contributed by atoms with E-state index >= 15 is 0 Å². The fourth-order valence-corrected chi connectivity index (χ4v) is 3.80. The second-order valence-electron chi connectivity index (χ2n) is 6.57. The summed E-state index contributed by atoms with van der Waals surface area (Å²) in [4.78, 5) is 0. The van der Waals surface area contributed by atoms with Crippen molar-refractivity contribution in [3.05, 3.63) is 29.6 Å². The molecule has 0 saturated carbocycles. The Morgan fingerprint density at radius 1 is 1.33 bits per heavy atom. The van der Waals surface area contributed by atoms with Crippen LogP contribution in [-0.4, -0.2) is 56.8 Å². The van der Waals surface area contributed by atoms with E-state index in [1.165, 1.54) is 12.1 Å². The Labute approximate surface area is 142 Å². The summed E-state index contributed by atoms with van der Waals surface area (Å²) in [6.45, 7) is 3.20. The second kappa shape index (κ2) is 7.78. The molecule has 3 rings (SSSR count). The maximum absolute atomic E-state index is 13.7. The highest BCUT2D eigenvalue weighted by Crippen LogP contribution is 2.37. The zero-order chi connectivity index (χ0) is 17.0. The highest BCUT2D eigenvalue weighted by Gasteiger charge is 2.46. The van der Waals surface area contributed by atoms with Crippen LogP contribution >= 0.6 is 0 Å². The van der Waals surface area contributed by atoms with Gasteiger partial charge in [-0.1, -0.05) is 0 Å². The van der Waals surface area contributed by atoms with Gasteiger partial charge in [0.05, 0.1) is 25.4 Å². The fourth-order valence-electron chi connectivity index (χ4n) is 3.80. The molecule has 0 spiro atoms. The molecule has 0 amide bonds. The zero-order valence-corrected chi connectivity index (χ0v) is 14.1. The van der Waals surface area contributed by atoms with Crippen LogP contribution in [0.5, 0.6) is 5.75 Å². The van der Waals surface area contributed by atoms with Crippen LogP contribution in [0.25, 0.3) is 0 Å². The maximum Gasteiger partial charge on any atom is 0.123 e. The van der Waals surface area contributed by atoms with Crippen molar-refractivity contribution in [3.8, 4) is 5.75 Å². The summed E-state index contributed by atoms with van der Waals surface area (Å²) < 4.78 is 30.4. The molecular weight excluding hydrogens is 313 g/mol. The molecule has 0 radical (unpaired) electrons. The van der Waals surface area contributed by atoms with Gasteiger partial charge in [-0.25, -0.2) is 4.39 Å². The van der Waals surface area contributed by atoms with Crippen molar-refractivity contribution in [2.75, 3.05) is 40.0 Å². The molecule has 0 bridgehead atoms. The number of hydrogen-bond acceptors (Lipinski definition) is 5. The van der Waals surface area contributed by atoms with Crippen LogP contribution in [0, 0.1) is 11.7 Å². The molecule has 24 heavy (non-hydrogen) atoms. The third-order valence-corrected chi connectivity index (χ3v) is 5.13. The molecule has 0 unspecified atom stereocenters. The standard InChI is InChI=1S/C18H26FNO4/c1-22-16-3-2-15(19)10-13(16)11-18(21,14-4-7-23-8-5-14)17-12-20-6-9-24-17/h2-3,10,14,17,20-21H,4-9,11-12H2,1H3/t17-,18-/m0/s1. The molecule has 2 atom stereocenters. The molecule has 2 aliphatic rings. The summed E-state index contributed by atoms with van der Waals surface area (Å²) in [5.41, 5.74) is -0.418. The largest absolute Gasteiger partial charge is 0.496 e. The van der Waals surface area contributed by atoms with Crippen LogP contribution in [0.2, 0.25) is 0 Å². The van der Waals surface area contributed by atoms with E-state index in [2.05, 4.69) is 5.32 Å². The fraction of sp³-hybridized carbons (Fsp3) is 0.667. The van der Waals surface area contributed by atoms with E-state index in [1.54, 1.807) is 13.2 Å². The van der Waals surface area contributed by atoms with Crippen LogP contribution in [0.15, 0.2) is 18.2 Å². The van der Waals surface area contributed by atoms with E-state index in [1.807, 2.05) is 0 Å². The summed E-state index contributed by atoms with van der Waals surface area (Å²) in [5.74, 6) is 0.303. The Hall–Kier alpha value is -1.21. The van der Waals surface area contributed by atoms with Gasteiger partial charge >= 0.3 is 0 Å². The first-order valence-corrected chi connectivity index (χ1v) is 8.58. The lowest BCUT2D eigenvalue weighted by atomic mass is 9.74. The van der Waals surface area contributed by atoms with Crippen molar-refractivity contribution < 1.29 is 23.7 Å². The number of methoxy groups -OCH3 is 1. The van der Waals surface area contributed by atoms with Crippen molar-refractivity contribution in [1.29, 1.82) is 0 Å². The number of hydrogen-bond donors (Lipinski definition) is 2. The second-order valence-corrected chi connectivity index (χ2v) is 6.57. The number of ether oxygens (including phenoxy) is 3. The van der Waals surface area contributed by atoms with Crippen molar-refractivity contribution in [2.45, 2.75) is 31.0 Å². The lowest BCUT2D eigenvalue weighted by Crippen LogP contribution is -2.59. The van der Waals surface area contributed by atoms with Crippen LogP contribution in [0.4, 0.5) is 4.39 Å². The summed E-state index contributed by atoms with van der Waals surface area (Å²) >= 11 is 0. The molecule has 5 nitrogen and oxygen atoms in total. The highest BCUT2D eigenvalue weighted by atomic mass is 19.1. The lowest BCUT2D eigenvalue weighted by molar-refractivity contribution is -0.163. The number of rotatable bonds is 5. The smallest absolute Gasteiger partial charge is 0.123 e.